The molecule has 2 amide bonds. The Balaban J connectivity index is 1.53. The van der Waals surface area contributed by atoms with Gasteiger partial charge in [-0.25, -0.2) is 0 Å². The molecule has 1 N–H and O–H groups in total. The summed E-state index contributed by atoms with van der Waals surface area (Å²) >= 11 is 5.88. The highest BCUT2D eigenvalue weighted by molar-refractivity contribution is 6.30. The van der Waals surface area contributed by atoms with Gasteiger partial charge in [0.1, 0.15) is 0 Å². The van der Waals surface area contributed by atoms with Crippen molar-refractivity contribution in [3.05, 3.63) is 58.9 Å². The Bertz CT molecular complexity index is 713. The fraction of sp³-hybridized carbons (Fsp3) is 0.368. The van der Waals surface area contributed by atoms with Crippen LogP contribution < -0.4 is 0 Å². The molecule has 5 nitrogen and oxygen atoms in total. The Morgan fingerprint density at radius 1 is 0.920 bits per heavy atom. The number of halogens is 1. The lowest BCUT2D eigenvalue weighted by molar-refractivity contribution is -0.132. The van der Waals surface area contributed by atoms with Gasteiger partial charge in [-0.3, -0.25) is 9.59 Å². The highest BCUT2D eigenvalue weighted by Gasteiger charge is 2.22. The Hall–Kier alpha value is -2.27. The first-order chi connectivity index (χ1) is 12.1. The van der Waals surface area contributed by atoms with E-state index in [9.17, 15) is 9.59 Å². The summed E-state index contributed by atoms with van der Waals surface area (Å²) in [6.45, 7) is 2.57. The first-order valence-electron chi connectivity index (χ1n) is 8.54. The lowest BCUT2D eigenvalue weighted by Gasteiger charge is -2.22. The molecule has 0 spiro atoms. The van der Waals surface area contributed by atoms with Gasteiger partial charge in [0, 0.05) is 43.1 Å². The van der Waals surface area contributed by atoms with Crippen LogP contribution in [0, 0.1) is 0 Å². The fourth-order valence-corrected chi connectivity index (χ4v) is 3.18. The molecule has 25 heavy (non-hydrogen) atoms. The molecule has 2 aromatic rings. The number of amides is 2. The number of nitrogens with one attached hydrogen (secondary N) is 1. The van der Waals surface area contributed by atoms with Crippen molar-refractivity contribution in [3.63, 3.8) is 0 Å². The molecule has 1 aliphatic rings. The van der Waals surface area contributed by atoms with E-state index < -0.39 is 0 Å². The average Bonchev–Trinajstić information content (AvgIpc) is 2.98. The van der Waals surface area contributed by atoms with E-state index >= 15 is 0 Å². The van der Waals surface area contributed by atoms with Gasteiger partial charge >= 0.3 is 0 Å². The fourth-order valence-electron chi connectivity index (χ4n) is 3.06. The maximum absolute atomic E-state index is 12.5. The quantitative estimate of drug-likeness (QED) is 0.912. The summed E-state index contributed by atoms with van der Waals surface area (Å²) < 4.78 is 0. The predicted molar refractivity (Wildman–Crippen MR) is 97.4 cm³/mol. The summed E-state index contributed by atoms with van der Waals surface area (Å²) in [4.78, 5) is 31.7. The van der Waals surface area contributed by atoms with Gasteiger partial charge in [-0.15, -0.1) is 0 Å². The Kier molecular flexibility index (Phi) is 5.76. The third-order valence-electron chi connectivity index (χ3n) is 4.47. The molecule has 0 unspecified atom stereocenters. The van der Waals surface area contributed by atoms with E-state index in [1.54, 1.807) is 12.1 Å². The summed E-state index contributed by atoms with van der Waals surface area (Å²) in [6.07, 6.45) is 3.38. The molecule has 1 aromatic carbocycles. The van der Waals surface area contributed by atoms with Crippen LogP contribution in [0.4, 0.5) is 0 Å². The van der Waals surface area contributed by atoms with Crippen LogP contribution in [-0.4, -0.2) is 52.8 Å². The Morgan fingerprint density at radius 2 is 1.56 bits per heavy atom. The smallest absolute Gasteiger partial charge is 0.228 e. The number of H-pyrrole nitrogens is 1. The lowest BCUT2D eigenvalue weighted by Crippen LogP contribution is -2.38. The van der Waals surface area contributed by atoms with Crippen molar-refractivity contribution in [2.45, 2.75) is 19.3 Å². The van der Waals surface area contributed by atoms with Crippen molar-refractivity contribution in [2.75, 3.05) is 26.2 Å². The van der Waals surface area contributed by atoms with Gasteiger partial charge in [0.15, 0.2) is 0 Å². The second kappa shape index (κ2) is 8.21. The molecule has 3 rings (SSSR count). The van der Waals surface area contributed by atoms with E-state index in [1.807, 2.05) is 40.3 Å². The van der Waals surface area contributed by atoms with E-state index in [1.165, 1.54) is 0 Å². The van der Waals surface area contributed by atoms with Gasteiger partial charge in [-0.1, -0.05) is 23.7 Å². The number of aromatic nitrogens is 1. The van der Waals surface area contributed by atoms with Crippen LogP contribution in [0.5, 0.6) is 0 Å². The number of carbonyl (C=O) groups excluding carboxylic acids is 2. The predicted octanol–water partition coefficient (Wildman–Crippen LogP) is 2.51. The summed E-state index contributed by atoms with van der Waals surface area (Å²) in [5.41, 5.74) is 1.88. The normalized spacial score (nSPS) is 15.1. The molecule has 1 fully saturated rings. The van der Waals surface area contributed by atoms with Crippen LogP contribution in [0.1, 0.15) is 17.7 Å². The number of rotatable bonds is 4. The number of hydrogen-bond donors (Lipinski definition) is 1. The largest absolute Gasteiger partial charge is 0.365 e. The molecular formula is C19H22ClN3O2. The molecule has 0 radical (unpaired) electrons. The highest BCUT2D eigenvalue weighted by Crippen LogP contribution is 2.12. The molecule has 0 aliphatic carbocycles. The number of hydrogen-bond acceptors (Lipinski definition) is 2. The Labute approximate surface area is 152 Å². The molecule has 6 heteroatoms. The molecule has 1 aliphatic heterocycles. The topological polar surface area (TPSA) is 56.4 Å². The summed E-state index contributed by atoms with van der Waals surface area (Å²) in [5.74, 6) is 0.204. The molecular weight excluding hydrogens is 338 g/mol. The number of aromatic amines is 1. The van der Waals surface area contributed by atoms with Crippen molar-refractivity contribution in [1.29, 1.82) is 0 Å². The van der Waals surface area contributed by atoms with Crippen LogP contribution in [0.2, 0.25) is 5.02 Å². The maximum Gasteiger partial charge on any atom is 0.228 e. The van der Waals surface area contributed by atoms with Gasteiger partial charge in [-0.05, 0) is 36.2 Å². The third kappa shape index (κ3) is 4.86. The molecule has 132 valence electrons. The average molecular weight is 360 g/mol. The SMILES string of the molecule is O=C(Cc1ccc(Cl)cc1)N1CCCN(C(=O)Cc2ccc[nH]2)CC1. The Morgan fingerprint density at radius 3 is 2.16 bits per heavy atom. The zero-order chi connectivity index (χ0) is 17.6. The summed E-state index contributed by atoms with van der Waals surface area (Å²) in [7, 11) is 0. The van der Waals surface area contributed by atoms with Gasteiger partial charge in [-0.2, -0.15) is 0 Å². The number of nitrogens with zero attached hydrogens (tertiary/aromatic N) is 2. The molecule has 1 aromatic heterocycles. The first kappa shape index (κ1) is 17.5. The molecule has 2 heterocycles. The van der Waals surface area contributed by atoms with E-state index in [0.717, 1.165) is 17.7 Å². The molecule has 0 bridgehead atoms. The monoisotopic (exact) mass is 359 g/mol. The number of carbonyl (C=O) groups is 2. The minimum Gasteiger partial charge on any atom is -0.365 e. The summed E-state index contributed by atoms with van der Waals surface area (Å²) in [5, 5.41) is 0.669. The van der Waals surface area contributed by atoms with Crippen LogP contribution in [-0.2, 0) is 22.4 Å². The van der Waals surface area contributed by atoms with E-state index in [-0.39, 0.29) is 11.8 Å². The third-order valence-corrected chi connectivity index (χ3v) is 4.73. The van der Waals surface area contributed by atoms with Crippen LogP contribution in [0.3, 0.4) is 0 Å². The molecule has 1 saturated heterocycles. The zero-order valence-electron chi connectivity index (χ0n) is 14.1. The van der Waals surface area contributed by atoms with Crippen LogP contribution in [0.15, 0.2) is 42.6 Å². The van der Waals surface area contributed by atoms with Gasteiger partial charge in [0.2, 0.25) is 11.8 Å². The molecule has 0 atom stereocenters. The minimum atomic E-state index is 0.0981. The summed E-state index contributed by atoms with van der Waals surface area (Å²) in [6, 6.07) is 11.2. The van der Waals surface area contributed by atoms with Crippen molar-refractivity contribution in [2.24, 2.45) is 0 Å². The van der Waals surface area contributed by atoms with Crippen molar-refractivity contribution >= 4 is 23.4 Å². The van der Waals surface area contributed by atoms with Gasteiger partial charge < -0.3 is 14.8 Å². The van der Waals surface area contributed by atoms with Crippen molar-refractivity contribution in [3.8, 4) is 0 Å². The maximum atomic E-state index is 12.5. The van der Waals surface area contributed by atoms with E-state index in [4.69, 9.17) is 11.6 Å². The zero-order valence-corrected chi connectivity index (χ0v) is 14.8. The van der Waals surface area contributed by atoms with Gasteiger partial charge in [0.25, 0.3) is 0 Å². The van der Waals surface area contributed by atoms with Crippen molar-refractivity contribution < 1.29 is 9.59 Å². The minimum absolute atomic E-state index is 0.0981. The second-order valence-corrected chi connectivity index (χ2v) is 6.73. The van der Waals surface area contributed by atoms with Crippen LogP contribution in [0.25, 0.3) is 0 Å². The van der Waals surface area contributed by atoms with E-state index in [0.29, 0.717) is 44.0 Å². The standard InChI is InChI=1S/C19H22ClN3O2/c20-16-6-4-15(5-7-16)13-18(24)22-9-2-10-23(12-11-22)19(25)14-17-3-1-8-21-17/h1,3-8,21H,2,9-14H2. The second-order valence-electron chi connectivity index (χ2n) is 6.29. The molecule has 0 saturated carbocycles. The first-order valence-corrected chi connectivity index (χ1v) is 8.92. The van der Waals surface area contributed by atoms with Crippen LogP contribution >= 0.6 is 11.6 Å². The van der Waals surface area contributed by atoms with E-state index in [2.05, 4.69) is 4.98 Å². The lowest BCUT2D eigenvalue weighted by atomic mass is 10.1. The number of benzene rings is 1. The van der Waals surface area contributed by atoms with Crippen molar-refractivity contribution in [1.82, 2.24) is 14.8 Å². The highest BCUT2D eigenvalue weighted by atomic mass is 35.5. The van der Waals surface area contributed by atoms with Gasteiger partial charge in [0.05, 0.1) is 12.8 Å².